The van der Waals surface area contributed by atoms with E-state index in [-0.39, 0.29) is 5.82 Å². The number of benzene rings is 1. The first-order valence-electron chi connectivity index (χ1n) is 7.51. The summed E-state index contributed by atoms with van der Waals surface area (Å²) < 4.78 is 36.9. The largest absolute Gasteiger partial charge is 0.258 e. The number of rotatable bonds is 3. The van der Waals surface area contributed by atoms with E-state index in [0.717, 1.165) is 41.5 Å². The Bertz CT molecular complexity index is 884. The first-order chi connectivity index (χ1) is 10.9. The van der Waals surface area contributed by atoms with Crippen molar-refractivity contribution < 1.29 is 12.8 Å². The van der Waals surface area contributed by atoms with Crippen LogP contribution in [0.2, 0.25) is 0 Å². The minimum absolute atomic E-state index is 0.298. The van der Waals surface area contributed by atoms with Crippen LogP contribution in [0.25, 0.3) is 11.1 Å². The molecule has 3 rings (SSSR count). The van der Waals surface area contributed by atoms with Crippen molar-refractivity contribution in [3.8, 4) is 0 Å². The zero-order valence-electron chi connectivity index (χ0n) is 13.1. The monoisotopic (exact) mass is 331 g/mol. The SMILES string of the molecule is Cc1ncc(C2=C(c3ccc(S(C)(=O)=O)cc3)CCC2)cc1F. The number of hydrogen-bond acceptors (Lipinski definition) is 3. The van der Waals surface area contributed by atoms with E-state index < -0.39 is 9.84 Å². The topological polar surface area (TPSA) is 47.0 Å². The molecule has 0 N–H and O–H groups in total. The van der Waals surface area contributed by atoms with Crippen LogP contribution in [-0.4, -0.2) is 19.7 Å². The van der Waals surface area contributed by atoms with E-state index in [1.807, 2.05) is 12.1 Å². The maximum atomic E-state index is 13.8. The summed E-state index contributed by atoms with van der Waals surface area (Å²) in [5.41, 5.74) is 4.45. The van der Waals surface area contributed by atoms with E-state index in [1.165, 1.54) is 12.3 Å². The minimum atomic E-state index is -3.19. The first kappa shape index (κ1) is 15.9. The Labute approximate surface area is 135 Å². The van der Waals surface area contributed by atoms with Gasteiger partial charge in [0.05, 0.1) is 10.6 Å². The maximum absolute atomic E-state index is 13.8. The summed E-state index contributed by atoms with van der Waals surface area (Å²) in [6, 6.07) is 8.45. The zero-order valence-corrected chi connectivity index (χ0v) is 14.0. The van der Waals surface area contributed by atoms with Crippen LogP contribution in [0, 0.1) is 12.7 Å². The van der Waals surface area contributed by atoms with Crippen molar-refractivity contribution in [2.75, 3.05) is 6.26 Å². The van der Waals surface area contributed by atoms with Gasteiger partial charge < -0.3 is 0 Å². The van der Waals surface area contributed by atoms with Crippen molar-refractivity contribution in [2.45, 2.75) is 31.1 Å². The molecule has 0 unspecified atom stereocenters. The Morgan fingerprint density at radius 1 is 1.04 bits per heavy atom. The molecule has 1 aromatic heterocycles. The molecule has 0 fully saturated rings. The lowest BCUT2D eigenvalue weighted by Gasteiger charge is -2.09. The number of halogens is 1. The molecular formula is C18H18FNO2S. The Hall–Kier alpha value is -2.01. The zero-order chi connectivity index (χ0) is 16.6. The highest BCUT2D eigenvalue weighted by Crippen LogP contribution is 2.39. The summed E-state index contributed by atoms with van der Waals surface area (Å²) in [5, 5.41) is 0. The molecular weight excluding hydrogens is 313 g/mol. The van der Waals surface area contributed by atoms with Crippen molar-refractivity contribution in [2.24, 2.45) is 0 Å². The summed E-state index contributed by atoms with van der Waals surface area (Å²) >= 11 is 0. The summed E-state index contributed by atoms with van der Waals surface area (Å²) in [6.45, 7) is 1.65. The van der Waals surface area contributed by atoms with E-state index in [1.54, 1.807) is 25.3 Å². The highest BCUT2D eigenvalue weighted by atomic mass is 32.2. The van der Waals surface area contributed by atoms with E-state index in [2.05, 4.69) is 4.98 Å². The molecule has 0 amide bonds. The fourth-order valence-corrected chi connectivity index (χ4v) is 3.59. The molecule has 0 bridgehead atoms. The second kappa shape index (κ2) is 5.89. The highest BCUT2D eigenvalue weighted by Gasteiger charge is 2.19. The second-order valence-corrected chi connectivity index (χ2v) is 7.91. The number of aryl methyl sites for hydroxylation is 1. The van der Waals surface area contributed by atoms with Gasteiger partial charge >= 0.3 is 0 Å². The van der Waals surface area contributed by atoms with E-state index >= 15 is 0 Å². The lowest BCUT2D eigenvalue weighted by Crippen LogP contribution is -1.97. The molecule has 1 aromatic carbocycles. The van der Waals surface area contributed by atoms with Crippen LogP contribution in [0.3, 0.4) is 0 Å². The third-order valence-electron chi connectivity index (χ3n) is 4.22. The highest BCUT2D eigenvalue weighted by molar-refractivity contribution is 7.90. The van der Waals surface area contributed by atoms with Crippen LogP contribution >= 0.6 is 0 Å². The third-order valence-corrected chi connectivity index (χ3v) is 5.35. The van der Waals surface area contributed by atoms with Gasteiger partial charge in [-0.25, -0.2) is 12.8 Å². The Morgan fingerprint density at radius 3 is 2.22 bits per heavy atom. The van der Waals surface area contributed by atoms with Crippen LogP contribution in [0.4, 0.5) is 4.39 Å². The number of hydrogen-bond donors (Lipinski definition) is 0. The molecule has 0 atom stereocenters. The second-order valence-electron chi connectivity index (χ2n) is 5.90. The fourth-order valence-electron chi connectivity index (χ4n) is 2.96. The molecule has 0 saturated carbocycles. The maximum Gasteiger partial charge on any atom is 0.175 e. The van der Waals surface area contributed by atoms with Gasteiger partial charge in [0.25, 0.3) is 0 Å². The van der Waals surface area contributed by atoms with Crippen molar-refractivity contribution in [3.63, 3.8) is 0 Å². The van der Waals surface area contributed by atoms with E-state index in [4.69, 9.17) is 0 Å². The van der Waals surface area contributed by atoms with Gasteiger partial charge in [-0.3, -0.25) is 4.98 Å². The predicted octanol–water partition coefficient (Wildman–Crippen LogP) is 4.03. The molecule has 0 radical (unpaired) electrons. The molecule has 3 nitrogen and oxygen atoms in total. The quantitative estimate of drug-likeness (QED) is 0.853. The molecule has 1 aliphatic carbocycles. The van der Waals surface area contributed by atoms with E-state index in [9.17, 15) is 12.8 Å². The number of nitrogens with zero attached hydrogens (tertiary/aromatic N) is 1. The summed E-state index contributed by atoms with van der Waals surface area (Å²) in [5.74, 6) is -0.298. The van der Waals surface area contributed by atoms with Crippen molar-refractivity contribution in [1.82, 2.24) is 4.98 Å². The van der Waals surface area contributed by atoms with Gasteiger partial charge in [-0.2, -0.15) is 0 Å². The van der Waals surface area contributed by atoms with Gasteiger partial charge in [0.2, 0.25) is 0 Å². The molecule has 5 heteroatoms. The van der Waals surface area contributed by atoms with Gasteiger partial charge in [0, 0.05) is 12.5 Å². The smallest absolute Gasteiger partial charge is 0.175 e. The van der Waals surface area contributed by atoms with Gasteiger partial charge in [0.1, 0.15) is 5.82 Å². The molecule has 1 heterocycles. The molecule has 0 aliphatic heterocycles. The number of aromatic nitrogens is 1. The Kier molecular flexibility index (Phi) is 4.06. The summed E-state index contributed by atoms with van der Waals surface area (Å²) in [7, 11) is -3.19. The molecule has 0 saturated heterocycles. The number of sulfone groups is 1. The lowest BCUT2D eigenvalue weighted by molar-refractivity contribution is 0.602. The molecule has 0 spiro atoms. The normalized spacial score (nSPS) is 15.3. The van der Waals surface area contributed by atoms with Crippen LogP contribution in [0.5, 0.6) is 0 Å². The molecule has 2 aromatic rings. The first-order valence-corrected chi connectivity index (χ1v) is 9.40. The van der Waals surface area contributed by atoms with Crippen LogP contribution in [0.15, 0.2) is 41.4 Å². The predicted molar refractivity (Wildman–Crippen MR) is 89.1 cm³/mol. The summed E-state index contributed by atoms with van der Waals surface area (Å²) in [4.78, 5) is 4.42. The average molecular weight is 331 g/mol. The Balaban J connectivity index is 2.04. The van der Waals surface area contributed by atoms with Crippen molar-refractivity contribution >= 4 is 21.0 Å². The van der Waals surface area contributed by atoms with E-state index in [0.29, 0.717) is 10.6 Å². The number of pyridine rings is 1. The standard InChI is InChI=1S/C18H18FNO2S/c1-12-18(19)10-14(11-20-12)17-5-3-4-16(17)13-6-8-15(9-7-13)23(2,21)22/h6-11H,3-5H2,1-2H3. The van der Waals surface area contributed by atoms with Crippen molar-refractivity contribution in [1.29, 1.82) is 0 Å². The van der Waals surface area contributed by atoms with Gasteiger partial charge in [-0.05, 0) is 66.7 Å². The van der Waals surface area contributed by atoms with Gasteiger partial charge in [0.15, 0.2) is 9.84 Å². The van der Waals surface area contributed by atoms with Crippen LogP contribution in [0.1, 0.15) is 36.1 Å². The number of allylic oxidation sites excluding steroid dienone is 2. The molecule has 23 heavy (non-hydrogen) atoms. The fraction of sp³-hybridized carbons (Fsp3) is 0.278. The van der Waals surface area contributed by atoms with Gasteiger partial charge in [-0.1, -0.05) is 12.1 Å². The lowest BCUT2D eigenvalue weighted by atomic mass is 9.98. The summed E-state index contributed by atoms with van der Waals surface area (Å²) in [6.07, 6.45) is 5.71. The average Bonchev–Trinajstić information content (AvgIpc) is 2.99. The minimum Gasteiger partial charge on any atom is -0.258 e. The van der Waals surface area contributed by atoms with Crippen LogP contribution < -0.4 is 0 Å². The van der Waals surface area contributed by atoms with Crippen LogP contribution in [-0.2, 0) is 9.84 Å². The molecule has 1 aliphatic rings. The van der Waals surface area contributed by atoms with Gasteiger partial charge in [-0.15, -0.1) is 0 Å². The third kappa shape index (κ3) is 3.20. The Morgan fingerprint density at radius 2 is 1.65 bits per heavy atom. The van der Waals surface area contributed by atoms with Crippen molar-refractivity contribution in [3.05, 3.63) is 59.2 Å². The molecule has 120 valence electrons.